The molecule has 5 aromatic carbocycles. The second-order valence-corrected chi connectivity index (χ2v) is 26.8. The summed E-state index contributed by atoms with van der Waals surface area (Å²) in [4.78, 5) is 28.4. The number of benzene rings is 5. The number of carbonyl (C=O) groups is 2. The summed E-state index contributed by atoms with van der Waals surface area (Å²) in [6.07, 6.45) is 56.2. The molecule has 0 radical (unpaired) electrons. The Labute approximate surface area is 584 Å². The summed E-state index contributed by atoms with van der Waals surface area (Å²) in [6, 6.07) is 32.9. The average molecular weight is 1310 g/mol. The van der Waals surface area contributed by atoms with Crippen molar-refractivity contribution in [1.29, 1.82) is 0 Å². The van der Waals surface area contributed by atoms with Crippen molar-refractivity contribution < 1.29 is 38.0 Å². The van der Waals surface area contributed by atoms with E-state index in [4.69, 9.17) is 28.4 Å². The van der Waals surface area contributed by atoms with E-state index in [9.17, 15) is 9.59 Å². The third kappa shape index (κ3) is 37.8. The molecule has 0 saturated carbocycles. The largest absolute Gasteiger partial charge is 0.494 e. The van der Waals surface area contributed by atoms with Crippen molar-refractivity contribution in [3.05, 3.63) is 143 Å². The Morgan fingerprint density at radius 2 is 0.448 bits per heavy atom. The molecule has 0 fully saturated rings. The van der Waals surface area contributed by atoms with Gasteiger partial charge in [-0.25, -0.2) is 9.59 Å². The van der Waals surface area contributed by atoms with Crippen LogP contribution in [0.5, 0.6) is 34.5 Å². The summed E-state index contributed by atoms with van der Waals surface area (Å²) in [5.74, 6) is 15.3. The number of unbranched alkanes of at least 4 members (excludes halogenated alkanes) is 40. The number of ether oxygens (including phenoxy) is 6. The first-order valence-electron chi connectivity index (χ1n) is 39.0. The summed E-state index contributed by atoms with van der Waals surface area (Å²) in [6.45, 7) is 11.6. The van der Waals surface area contributed by atoms with Gasteiger partial charge in [0.1, 0.15) is 34.5 Å². The van der Waals surface area contributed by atoms with Crippen LogP contribution in [0.25, 0.3) is 0 Å². The van der Waals surface area contributed by atoms with Crippen molar-refractivity contribution >= 4 is 11.9 Å². The van der Waals surface area contributed by atoms with E-state index >= 15 is 0 Å². The number of hydrogen-bond donors (Lipinski definition) is 0. The van der Waals surface area contributed by atoms with Gasteiger partial charge in [-0.05, 0) is 123 Å². The zero-order valence-corrected chi connectivity index (χ0v) is 60.6. The molecule has 96 heavy (non-hydrogen) atoms. The highest BCUT2D eigenvalue weighted by Crippen LogP contribution is 2.31. The molecule has 0 bridgehead atoms. The lowest BCUT2D eigenvalue weighted by molar-refractivity contribution is 0.0718. The minimum atomic E-state index is -0.576. The number of esters is 2. The van der Waals surface area contributed by atoms with Gasteiger partial charge in [0, 0.05) is 23.3 Å². The van der Waals surface area contributed by atoms with Crippen LogP contribution >= 0.6 is 0 Å². The Hall–Kier alpha value is -6.64. The quantitative estimate of drug-likeness (QED) is 0.0165. The van der Waals surface area contributed by atoms with E-state index in [0.29, 0.717) is 60.2 Å². The predicted molar refractivity (Wildman–Crippen MR) is 402 cm³/mol. The smallest absolute Gasteiger partial charge is 0.343 e. The van der Waals surface area contributed by atoms with Gasteiger partial charge in [0.25, 0.3) is 0 Å². The maximum absolute atomic E-state index is 14.2. The Morgan fingerprint density at radius 1 is 0.250 bits per heavy atom. The van der Waals surface area contributed by atoms with Crippen LogP contribution in [0.4, 0.5) is 0 Å². The minimum Gasteiger partial charge on any atom is -0.494 e. The van der Waals surface area contributed by atoms with E-state index in [0.717, 1.165) is 74.0 Å². The molecule has 0 aliphatic heterocycles. The number of rotatable bonds is 56. The highest BCUT2D eigenvalue weighted by atomic mass is 16.5. The van der Waals surface area contributed by atoms with Crippen molar-refractivity contribution in [2.24, 2.45) is 0 Å². The first-order valence-corrected chi connectivity index (χ1v) is 39.0. The molecule has 8 heteroatoms. The lowest BCUT2D eigenvalue weighted by Gasteiger charge is -2.13. The lowest BCUT2D eigenvalue weighted by Crippen LogP contribution is -2.12. The maximum atomic E-state index is 14.2. The van der Waals surface area contributed by atoms with Gasteiger partial charge in [0.15, 0.2) is 0 Å². The first-order chi connectivity index (χ1) is 47.4. The van der Waals surface area contributed by atoms with Crippen molar-refractivity contribution in [2.75, 3.05) is 26.4 Å². The highest BCUT2D eigenvalue weighted by Gasteiger charge is 2.19. The molecule has 0 aromatic heterocycles. The maximum Gasteiger partial charge on any atom is 0.343 e. The summed E-state index contributed by atoms with van der Waals surface area (Å²) >= 11 is 0. The Balaban J connectivity index is 1.30. The van der Waals surface area contributed by atoms with Crippen molar-refractivity contribution in [3.63, 3.8) is 0 Å². The molecule has 526 valence electrons. The van der Waals surface area contributed by atoms with Gasteiger partial charge in [0.05, 0.1) is 48.7 Å². The second kappa shape index (κ2) is 54.4. The van der Waals surface area contributed by atoms with Crippen molar-refractivity contribution in [1.82, 2.24) is 0 Å². The standard InChI is InChI=1S/C88H126O8/c1-5-9-13-17-21-25-29-33-37-41-45-69-91-81-61-51-75(52-62-81)49-55-79-73-86(96-88(90)78-59-67-84(68-60-78)94-72-48-44-40-36-32-28-24-20-16-12-8-4)80(56-50-76-53-63-82(64-54-76)92-70-46-42-38-34-30-26-22-18-14-10-6-2)74-85(79)95-87(89)77-57-65-83(66-58-77)93-71-47-43-39-35-31-27-23-19-15-11-7-3/h51-54,57-68,73-74H,5-48,69-72H2,1-4H3. The molecule has 0 saturated heterocycles. The third-order valence-corrected chi connectivity index (χ3v) is 18.1. The fraction of sp³-hybridized carbons (Fsp3) is 0.591. The summed E-state index contributed by atoms with van der Waals surface area (Å²) in [5, 5.41) is 0. The average Bonchev–Trinajstić information content (AvgIpc) is 1.03. The molecule has 0 heterocycles. The van der Waals surface area contributed by atoms with Gasteiger partial charge in [-0.2, -0.15) is 0 Å². The molecular formula is C88H126O8. The van der Waals surface area contributed by atoms with Gasteiger partial charge in [0.2, 0.25) is 0 Å². The van der Waals surface area contributed by atoms with E-state index < -0.39 is 11.9 Å². The van der Waals surface area contributed by atoms with E-state index in [1.165, 1.54) is 231 Å². The molecule has 5 rings (SSSR count). The van der Waals surface area contributed by atoms with E-state index in [1.54, 1.807) is 36.4 Å². The fourth-order valence-corrected chi connectivity index (χ4v) is 12.0. The molecule has 0 amide bonds. The van der Waals surface area contributed by atoms with E-state index in [-0.39, 0.29) is 11.5 Å². The van der Waals surface area contributed by atoms with Crippen molar-refractivity contribution in [3.8, 4) is 58.2 Å². The van der Waals surface area contributed by atoms with Crippen LogP contribution in [-0.4, -0.2) is 38.4 Å². The molecule has 8 nitrogen and oxygen atoms in total. The lowest BCUT2D eigenvalue weighted by atomic mass is 10.1. The van der Waals surface area contributed by atoms with E-state index in [2.05, 4.69) is 51.4 Å². The van der Waals surface area contributed by atoms with Gasteiger partial charge < -0.3 is 28.4 Å². The predicted octanol–water partition coefficient (Wildman–Crippen LogP) is 25.7. The molecule has 0 spiro atoms. The van der Waals surface area contributed by atoms with Crippen LogP contribution in [0, 0.1) is 23.7 Å². The highest BCUT2D eigenvalue weighted by molar-refractivity contribution is 5.93. The van der Waals surface area contributed by atoms with Crippen LogP contribution in [0.15, 0.2) is 109 Å². The molecule has 5 aromatic rings. The molecule has 0 unspecified atom stereocenters. The van der Waals surface area contributed by atoms with Crippen LogP contribution in [0.1, 0.15) is 353 Å². The third-order valence-electron chi connectivity index (χ3n) is 18.1. The molecule has 0 aliphatic rings. The summed E-state index contributed by atoms with van der Waals surface area (Å²) in [7, 11) is 0. The van der Waals surface area contributed by atoms with Gasteiger partial charge >= 0.3 is 11.9 Å². The topological polar surface area (TPSA) is 89.5 Å². The zero-order valence-electron chi connectivity index (χ0n) is 60.6. The van der Waals surface area contributed by atoms with Gasteiger partial charge in [-0.15, -0.1) is 0 Å². The monoisotopic (exact) mass is 1310 g/mol. The van der Waals surface area contributed by atoms with Crippen molar-refractivity contribution in [2.45, 2.75) is 310 Å². The van der Waals surface area contributed by atoms with Crippen LogP contribution in [0.3, 0.4) is 0 Å². The van der Waals surface area contributed by atoms with Crippen LogP contribution < -0.4 is 28.4 Å². The molecule has 0 aliphatic carbocycles. The number of carbonyl (C=O) groups excluding carboxylic acids is 2. The number of hydrogen-bond acceptors (Lipinski definition) is 8. The molecule has 0 N–H and O–H groups in total. The first kappa shape index (κ1) is 80.0. The second-order valence-electron chi connectivity index (χ2n) is 26.8. The Bertz CT molecular complexity index is 2690. The zero-order chi connectivity index (χ0) is 67.8. The SMILES string of the molecule is CCCCCCCCCCCCCOc1ccc(C#Cc2cc(OC(=O)c3ccc(OCCCCCCCCCCCCC)cc3)c(C#Cc3ccc(OCCCCCCCCCCCCC)cc3)cc2OC(=O)c2ccc(OCCCCCCCCCCCCC)cc2)cc1. The molecular weight excluding hydrogens is 1180 g/mol. The van der Waals surface area contributed by atoms with E-state index in [1.807, 2.05) is 72.8 Å². The van der Waals surface area contributed by atoms with Crippen LogP contribution in [-0.2, 0) is 0 Å². The summed E-state index contributed by atoms with van der Waals surface area (Å²) in [5.41, 5.74) is 2.84. The van der Waals surface area contributed by atoms with Gasteiger partial charge in [-0.3, -0.25) is 0 Å². The normalized spacial score (nSPS) is 11.0. The van der Waals surface area contributed by atoms with Gasteiger partial charge in [-0.1, -0.05) is 308 Å². The fourth-order valence-electron chi connectivity index (χ4n) is 12.0. The summed E-state index contributed by atoms with van der Waals surface area (Å²) < 4.78 is 37.1. The Morgan fingerprint density at radius 3 is 0.667 bits per heavy atom. The Kier molecular flexibility index (Phi) is 45.3. The minimum absolute atomic E-state index is 0.172. The molecule has 0 atom stereocenters. The van der Waals surface area contributed by atoms with Crippen LogP contribution in [0.2, 0.25) is 0 Å².